The number of aryl methyl sites for hydroxylation is 1. The molecule has 0 bridgehead atoms. The van der Waals surface area contributed by atoms with Crippen molar-refractivity contribution in [1.29, 1.82) is 5.26 Å². The molecule has 0 amide bonds. The lowest BCUT2D eigenvalue weighted by Crippen LogP contribution is -2.26. The quantitative estimate of drug-likeness (QED) is 0.709. The Morgan fingerprint density at radius 3 is 2.78 bits per heavy atom. The first-order chi connectivity index (χ1) is 13.0. The molecular formula is C20H20FN5O. The van der Waals surface area contributed by atoms with Gasteiger partial charge in [-0.3, -0.25) is 0 Å². The average Bonchev–Trinajstić information content (AvgIpc) is 3.26. The van der Waals surface area contributed by atoms with Crippen LogP contribution in [-0.2, 0) is 7.05 Å². The average molecular weight is 365 g/mol. The number of hydrogen-bond acceptors (Lipinski definition) is 5. The molecule has 6 nitrogen and oxygen atoms in total. The number of anilines is 1. The van der Waals surface area contributed by atoms with Crippen molar-refractivity contribution in [2.24, 2.45) is 7.05 Å². The van der Waals surface area contributed by atoms with Crippen LogP contribution in [0.4, 0.5) is 10.2 Å². The summed E-state index contributed by atoms with van der Waals surface area (Å²) in [6.45, 7) is 3.22. The number of ether oxygens (including phenoxy) is 1. The van der Waals surface area contributed by atoms with Crippen molar-refractivity contribution in [3.05, 3.63) is 35.8 Å². The van der Waals surface area contributed by atoms with E-state index in [4.69, 9.17) is 10.00 Å². The smallest absolute Gasteiger partial charge is 0.169 e. The third kappa shape index (κ3) is 2.69. The van der Waals surface area contributed by atoms with Crippen molar-refractivity contribution >= 4 is 16.9 Å². The Morgan fingerprint density at radius 1 is 1.37 bits per heavy atom. The number of rotatable bonds is 3. The molecule has 7 heteroatoms. The molecule has 1 fully saturated rings. The van der Waals surface area contributed by atoms with Crippen molar-refractivity contribution in [2.45, 2.75) is 25.8 Å². The Hall–Kier alpha value is -3.14. The highest BCUT2D eigenvalue weighted by atomic mass is 19.1. The molecule has 0 radical (unpaired) electrons. The monoisotopic (exact) mass is 365 g/mol. The third-order valence-corrected chi connectivity index (χ3v) is 5.24. The summed E-state index contributed by atoms with van der Waals surface area (Å²) in [5.41, 5.74) is 1.34. The summed E-state index contributed by atoms with van der Waals surface area (Å²) in [5, 5.41) is 9.15. The van der Waals surface area contributed by atoms with E-state index in [0.717, 1.165) is 17.9 Å². The van der Waals surface area contributed by atoms with Crippen LogP contribution in [0.1, 0.15) is 25.3 Å². The topological polar surface area (TPSA) is 67.0 Å². The first kappa shape index (κ1) is 17.3. The fourth-order valence-electron chi connectivity index (χ4n) is 3.78. The van der Waals surface area contributed by atoms with E-state index in [1.807, 2.05) is 18.2 Å². The Balaban J connectivity index is 1.81. The van der Waals surface area contributed by atoms with Crippen LogP contribution in [0.15, 0.2) is 24.4 Å². The summed E-state index contributed by atoms with van der Waals surface area (Å²) >= 11 is 0. The summed E-state index contributed by atoms with van der Waals surface area (Å²) in [7, 11) is 3.29. The largest absolute Gasteiger partial charge is 0.494 e. The molecule has 0 saturated carbocycles. The highest BCUT2D eigenvalue weighted by Crippen LogP contribution is 2.34. The molecule has 1 aliphatic rings. The van der Waals surface area contributed by atoms with Crippen molar-refractivity contribution in [2.75, 3.05) is 18.6 Å². The minimum Gasteiger partial charge on any atom is -0.494 e. The molecule has 138 valence electrons. The number of halogens is 1. The number of imidazole rings is 1. The standard InChI is InChI=1S/C20H20FN5O/c1-12-5-4-8-26(12)16-7-6-13(11-23-16)20-24-18-17(21)14(10-22)9-15(27-3)19(18)25(20)2/h6-7,9,11-12H,4-5,8H2,1-3H3. The molecule has 1 atom stereocenters. The van der Waals surface area contributed by atoms with E-state index in [1.54, 1.807) is 17.8 Å². The second-order valence-corrected chi connectivity index (χ2v) is 6.83. The predicted molar refractivity (Wildman–Crippen MR) is 101 cm³/mol. The maximum atomic E-state index is 14.6. The van der Waals surface area contributed by atoms with E-state index < -0.39 is 5.82 Å². The summed E-state index contributed by atoms with van der Waals surface area (Å²) in [6.07, 6.45) is 4.11. The van der Waals surface area contributed by atoms with Crippen molar-refractivity contribution in [1.82, 2.24) is 14.5 Å². The van der Waals surface area contributed by atoms with Crippen LogP contribution in [0.25, 0.3) is 22.4 Å². The summed E-state index contributed by atoms with van der Waals surface area (Å²) in [5.74, 6) is 1.30. The molecular weight excluding hydrogens is 345 g/mol. The van der Waals surface area contributed by atoms with Crippen LogP contribution in [-0.4, -0.2) is 34.2 Å². The Labute approximate surface area is 156 Å². The lowest BCUT2D eigenvalue weighted by molar-refractivity contribution is 0.417. The normalized spacial score (nSPS) is 16.7. The van der Waals surface area contributed by atoms with Crippen LogP contribution in [0.5, 0.6) is 5.75 Å². The van der Waals surface area contributed by atoms with Crippen LogP contribution >= 0.6 is 0 Å². The van der Waals surface area contributed by atoms with Crippen molar-refractivity contribution in [3.8, 4) is 23.2 Å². The highest BCUT2D eigenvalue weighted by Gasteiger charge is 2.23. The fraction of sp³-hybridized carbons (Fsp3) is 0.350. The van der Waals surface area contributed by atoms with Crippen LogP contribution in [0.3, 0.4) is 0 Å². The molecule has 1 aromatic carbocycles. The van der Waals surface area contributed by atoms with Gasteiger partial charge in [0.05, 0.1) is 12.7 Å². The molecule has 4 rings (SSSR count). The van der Waals surface area contributed by atoms with E-state index in [2.05, 4.69) is 21.8 Å². The van der Waals surface area contributed by atoms with Gasteiger partial charge in [0, 0.05) is 37.5 Å². The summed E-state index contributed by atoms with van der Waals surface area (Å²) in [4.78, 5) is 11.3. The SMILES string of the molecule is COc1cc(C#N)c(F)c2nc(-c3ccc(N4CCCC4C)nc3)n(C)c12. The molecule has 1 saturated heterocycles. The number of hydrogen-bond donors (Lipinski definition) is 0. The summed E-state index contributed by atoms with van der Waals surface area (Å²) < 4.78 is 21.8. The minimum atomic E-state index is -0.634. The van der Waals surface area contributed by atoms with E-state index in [-0.39, 0.29) is 11.1 Å². The van der Waals surface area contributed by atoms with Gasteiger partial charge in [0.2, 0.25) is 0 Å². The zero-order chi connectivity index (χ0) is 19.1. The lowest BCUT2D eigenvalue weighted by atomic mass is 10.2. The molecule has 2 aromatic heterocycles. The van der Waals surface area contributed by atoms with Gasteiger partial charge in [-0.2, -0.15) is 5.26 Å². The maximum absolute atomic E-state index is 14.6. The molecule has 0 N–H and O–H groups in total. The fourth-order valence-corrected chi connectivity index (χ4v) is 3.78. The van der Waals surface area contributed by atoms with Gasteiger partial charge in [0.25, 0.3) is 0 Å². The Bertz CT molecular complexity index is 1050. The van der Waals surface area contributed by atoms with Gasteiger partial charge < -0.3 is 14.2 Å². The van der Waals surface area contributed by atoms with Gasteiger partial charge in [-0.15, -0.1) is 0 Å². The van der Waals surface area contributed by atoms with E-state index in [0.29, 0.717) is 23.1 Å². The zero-order valence-electron chi connectivity index (χ0n) is 15.5. The highest BCUT2D eigenvalue weighted by molar-refractivity contribution is 5.88. The van der Waals surface area contributed by atoms with Crippen molar-refractivity contribution < 1.29 is 9.13 Å². The van der Waals surface area contributed by atoms with E-state index >= 15 is 0 Å². The molecule has 3 heterocycles. The number of fused-ring (bicyclic) bond motifs is 1. The van der Waals surface area contributed by atoms with E-state index in [1.165, 1.54) is 26.0 Å². The first-order valence-electron chi connectivity index (χ1n) is 8.91. The maximum Gasteiger partial charge on any atom is 0.169 e. The minimum absolute atomic E-state index is 0.0829. The number of benzene rings is 1. The Kier molecular flexibility index (Phi) is 4.19. The first-order valence-corrected chi connectivity index (χ1v) is 8.91. The molecule has 0 spiro atoms. The van der Waals surface area contributed by atoms with Gasteiger partial charge in [-0.05, 0) is 31.9 Å². The van der Waals surface area contributed by atoms with Crippen LogP contribution in [0, 0.1) is 17.1 Å². The number of methoxy groups -OCH3 is 1. The van der Waals surface area contributed by atoms with Gasteiger partial charge in [-0.1, -0.05) is 0 Å². The third-order valence-electron chi connectivity index (χ3n) is 5.24. The second-order valence-electron chi connectivity index (χ2n) is 6.83. The molecule has 1 aliphatic heterocycles. The van der Waals surface area contributed by atoms with E-state index in [9.17, 15) is 4.39 Å². The zero-order valence-corrected chi connectivity index (χ0v) is 15.5. The predicted octanol–water partition coefficient (Wildman–Crippen LogP) is 3.64. The van der Waals surface area contributed by atoms with Crippen LogP contribution in [0.2, 0.25) is 0 Å². The van der Waals surface area contributed by atoms with Gasteiger partial charge in [-0.25, -0.2) is 14.4 Å². The number of nitriles is 1. The number of nitrogens with zero attached hydrogens (tertiary/aromatic N) is 5. The number of pyridine rings is 1. The molecule has 3 aromatic rings. The molecule has 27 heavy (non-hydrogen) atoms. The van der Waals surface area contributed by atoms with Gasteiger partial charge in [0.1, 0.15) is 34.5 Å². The van der Waals surface area contributed by atoms with Crippen LogP contribution < -0.4 is 9.64 Å². The lowest BCUT2D eigenvalue weighted by Gasteiger charge is -2.22. The van der Waals surface area contributed by atoms with Gasteiger partial charge in [0.15, 0.2) is 5.82 Å². The van der Waals surface area contributed by atoms with Gasteiger partial charge >= 0.3 is 0 Å². The second kappa shape index (κ2) is 6.54. The molecule has 1 unspecified atom stereocenters. The summed E-state index contributed by atoms with van der Waals surface area (Å²) in [6, 6.07) is 7.67. The molecule has 0 aliphatic carbocycles. The Morgan fingerprint density at radius 2 is 2.19 bits per heavy atom. The van der Waals surface area contributed by atoms with Crippen molar-refractivity contribution in [3.63, 3.8) is 0 Å². The number of aromatic nitrogens is 3.